The molecule has 8 heteroatoms. The number of hydrogen-bond acceptors (Lipinski definition) is 6. The highest BCUT2D eigenvalue weighted by molar-refractivity contribution is 6.01. The van der Waals surface area contributed by atoms with E-state index >= 15 is 0 Å². The normalized spacial score (nSPS) is 20.2. The van der Waals surface area contributed by atoms with Gasteiger partial charge < -0.3 is 9.72 Å². The third-order valence-electron chi connectivity index (χ3n) is 2.74. The zero-order valence-corrected chi connectivity index (χ0v) is 9.01. The summed E-state index contributed by atoms with van der Waals surface area (Å²) in [5, 5.41) is 7.75. The lowest BCUT2D eigenvalue weighted by atomic mass is 10.3. The van der Waals surface area contributed by atoms with E-state index in [1.54, 1.807) is 0 Å². The van der Waals surface area contributed by atoms with Crippen molar-refractivity contribution in [2.75, 3.05) is 26.3 Å². The molecule has 0 aliphatic carbocycles. The third kappa shape index (κ3) is 1.53. The van der Waals surface area contributed by atoms with Gasteiger partial charge in [-0.1, -0.05) is 4.99 Å². The first-order valence-electron chi connectivity index (χ1n) is 5.28. The standard InChI is InChI=1S/C9H11N6O2/c10-7-6-8(12-5-11-6)13-9(15(7)16)14-1-3-17-4-2-14/h5,10H,1-4H2,(H,11,12)/q+1. The van der Waals surface area contributed by atoms with Crippen molar-refractivity contribution in [3.8, 4) is 0 Å². The molecule has 1 aromatic heterocycles. The molecular weight excluding hydrogens is 224 g/mol. The molecule has 1 fully saturated rings. The molecule has 0 amide bonds. The number of aromatic amines is 1. The predicted molar refractivity (Wildman–Crippen MR) is 58.5 cm³/mol. The van der Waals surface area contributed by atoms with Crippen molar-refractivity contribution in [3.63, 3.8) is 0 Å². The highest BCUT2D eigenvalue weighted by atomic mass is 16.5. The highest BCUT2D eigenvalue weighted by Gasteiger charge is 2.37. The lowest BCUT2D eigenvalue weighted by Gasteiger charge is -2.24. The second-order valence-corrected chi connectivity index (χ2v) is 3.76. The Morgan fingerprint density at radius 1 is 1.47 bits per heavy atom. The van der Waals surface area contributed by atoms with Crippen LogP contribution < -0.4 is 0 Å². The van der Waals surface area contributed by atoms with Gasteiger partial charge in [0, 0.05) is 4.76 Å². The van der Waals surface area contributed by atoms with E-state index in [1.165, 1.54) is 6.33 Å². The topological polar surface area (TPSA) is 97.4 Å². The van der Waals surface area contributed by atoms with E-state index in [2.05, 4.69) is 15.0 Å². The molecule has 0 spiro atoms. The number of H-pyrrole nitrogens is 1. The molecule has 3 heterocycles. The van der Waals surface area contributed by atoms with Crippen LogP contribution in [0.25, 0.3) is 0 Å². The summed E-state index contributed by atoms with van der Waals surface area (Å²) in [5.41, 5.74) is 0.358. The van der Waals surface area contributed by atoms with Crippen LogP contribution in [0.5, 0.6) is 0 Å². The number of aromatic nitrogens is 2. The summed E-state index contributed by atoms with van der Waals surface area (Å²) in [6.45, 7) is 2.33. The molecular formula is C9H11N6O2+. The van der Waals surface area contributed by atoms with Crippen molar-refractivity contribution in [3.05, 3.63) is 16.9 Å². The minimum atomic E-state index is -0.158. The fourth-order valence-electron chi connectivity index (χ4n) is 1.85. The summed E-state index contributed by atoms with van der Waals surface area (Å²) in [5.74, 6) is 0.454. The highest BCUT2D eigenvalue weighted by Crippen LogP contribution is 2.21. The van der Waals surface area contributed by atoms with Gasteiger partial charge in [-0.3, -0.25) is 4.90 Å². The minimum absolute atomic E-state index is 0.158. The number of aliphatic imine (C=N–C) groups is 1. The summed E-state index contributed by atoms with van der Waals surface area (Å²) in [4.78, 5) is 24.6. The summed E-state index contributed by atoms with van der Waals surface area (Å²) in [7, 11) is 0. The van der Waals surface area contributed by atoms with E-state index in [1.807, 2.05) is 4.90 Å². The molecule has 8 nitrogen and oxygen atoms in total. The maximum Gasteiger partial charge on any atom is 0.393 e. The van der Waals surface area contributed by atoms with Crippen LogP contribution in [0.2, 0.25) is 0 Å². The fraction of sp³-hybridized carbons (Fsp3) is 0.444. The number of hydrogen-bond donors (Lipinski definition) is 2. The molecule has 2 N–H and O–H groups in total. The van der Waals surface area contributed by atoms with E-state index < -0.39 is 0 Å². The van der Waals surface area contributed by atoms with Crippen molar-refractivity contribution in [1.29, 1.82) is 5.41 Å². The maximum atomic E-state index is 11.9. The van der Waals surface area contributed by atoms with E-state index in [0.717, 1.165) is 0 Å². The Hall–Kier alpha value is -2.09. The maximum absolute atomic E-state index is 11.9. The number of nitroso groups, excluding NO2 is 1. The molecule has 17 heavy (non-hydrogen) atoms. The van der Waals surface area contributed by atoms with E-state index in [-0.39, 0.29) is 11.8 Å². The summed E-state index contributed by atoms with van der Waals surface area (Å²) >= 11 is 0. The van der Waals surface area contributed by atoms with Gasteiger partial charge >= 0.3 is 5.96 Å². The number of guanidine groups is 1. The summed E-state index contributed by atoms with van der Waals surface area (Å²) in [6, 6.07) is 0. The molecule has 2 aliphatic rings. The SMILES string of the molecule is N=C1c2[nH]cnc2N=C(N2CCOCC2)[N+]1=O. The Bertz CT molecular complexity index is 513. The Morgan fingerprint density at radius 3 is 3.00 bits per heavy atom. The van der Waals surface area contributed by atoms with Crippen LogP contribution in [0.1, 0.15) is 5.69 Å². The number of amidine groups is 1. The number of rotatable bonds is 0. The van der Waals surface area contributed by atoms with Crippen LogP contribution in [0.15, 0.2) is 11.3 Å². The van der Waals surface area contributed by atoms with Crippen LogP contribution in [0.3, 0.4) is 0 Å². The monoisotopic (exact) mass is 235 g/mol. The average molecular weight is 235 g/mol. The van der Waals surface area contributed by atoms with E-state index in [0.29, 0.717) is 42.6 Å². The van der Waals surface area contributed by atoms with Gasteiger partial charge in [0.1, 0.15) is 0 Å². The molecule has 0 atom stereocenters. The molecule has 0 bridgehead atoms. The van der Waals surface area contributed by atoms with Gasteiger partial charge in [-0.25, -0.2) is 4.98 Å². The smallest absolute Gasteiger partial charge is 0.376 e. The van der Waals surface area contributed by atoms with Crippen molar-refractivity contribution >= 4 is 17.6 Å². The van der Waals surface area contributed by atoms with Gasteiger partial charge in [0.05, 0.1) is 32.6 Å². The summed E-state index contributed by atoms with van der Waals surface area (Å²) < 4.78 is 5.73. The quantitative estimate of drug-likeness (QED) is 0.611. The number of nitrogens with zero attached hydrogens (tertiary/aromatic N) is 4. The van der Waals surface area contributed by atoms with Gasteiger partial charge in [0.25, 0.3) is 5.84 Å². The Morgan fingerprint density at radius 2 is 2.24 bits per heavy atom. The first-order valence-corrected chi connectivity index (χ1v) is 5.28. The molecule has 1 aromatic rings. The molecule has 88 valence electrons. The Labute approximate surface area is 96.4 Å². The van der Waals surface area contributed by atoms with Gasteiger partial charge in [-0.2, -0.15) is 5.41 Å². The number of nitrogens with one attached hydrogen (secondary N) is 2. The first kappa shape index (κ1) is 10.1. The number of imidazole rings is 1. The molecule has 2 aliphatic heterocycles. The van der Waals surface area contributed by atoms with Crippen LogP contribution in [-0.4, -0.2) is 57.7 Å². The predicted octanol–water partition coefficient (Wildman–Crippen LogP) is -0.153. The van der Waals surface area contributed by atoms with Gasteiger partial charge in [0.15, 0.2) is 5.69 Å². The van der Waals surface area contributed by atoms with E-state index in [9.17, 15) is 4.91 Å². The lowest BCUT2D eigenvalue weighted by molar-refractivity contribution is -0.314. The Kier molecular flexibility index (Phi) is 2.22. The lowest BCUT2D eigenvalue weighted by Crippen LogP contribution is -2.47. The zero-order chi connectivity index (χ0) is 11.8. The van der Waals surface area contributed by atoms with Gasteiger partial charge in [-0.15, -0.1) is 4.91 Å². The van der Waals surface area contributed by atoms with Crippen LogP contribution >= 0.6 is 0 Å². The molecule has 1 saturated heterocycles. The second-order valence-electron chi connectivity index (χ2n) is 3.76. The van der Waals surface area contributed by atoms with E-state index in [4.69, 9.17) is 10.1 Å². The number of fused-ring (bicyclic) bond motifs is 1. The van der Waals surface area contributed by atoms with Crippen LogP contribution in [0, 0.1) is 10.3 Å². The molecule has 0 aromatic carbocycles. The van der Waals surface area contributed by atoms with Crippen molar-refractivity contribution in [2.45, 2.75) is 0 Å². The Balaban J connectivity index is 1.99. The van der Waals surface area contributed by atoms with Crippen molar-refractivity contribution in [2.24, 2.45) is 4.99 Å². The van der Waals surface area contributed by atoms with Gasteiger partial charge in [0.2, 0.25) is 5.82 Å². The molecule has 0 radical (unpaired) electrons. The van der Waals surface area contributed by atoms with Crippen LogP contribution in [0.4, 0.5) is 5.82 Å². The van der Waals surface area contributed by atoms with Crippen molar-refractivity contribution in [1.82, 2.24) is 14.9 Å². The third-order valence-corrected chi connectivity index (χ3v) is 2.74. The second kappa shape index (κ2) is 3.74. The summed E-state index contributed by atoms with van der Waals surface area (Å²) in [6.07, 6.45) is 1.43. The minimum Gasteiger partial charge on any atom is -0.376 e. The van der Waals surface area contributed by atoms with Crippen molar-refractivity contribution < 1.29 is 9.50 Å². The largest absolute Gasteiger partial charge is 0.393 e. The van der Waals surface area contributed by atoms with Crippen LogP contribution in [-0.2, 0) is 4.74 Å². The number of morpholine rings is 1. The average Bonchev–Trinajstić information content (AvgIpc) is 2.83. The molecule has 0 unspecified atom stereocenters. The molecule has 3 rings (SSSR count). The number of ether oxygens (including phenoxy) is 1. The molecule has 0 saturated carbocycles. The van der Waals surface area contributed by atoms with Gasteiger partial charge in [-0.05, 0) is 0 Å². The zero-order valence-electron chi connectivity index (χ0n) is 9.01. The fourth-order valence-corrected chi connectivity index (χ4v) is 1.85. The first-order chi connectivity index (χ1) is 8.27.